The Labute approximate surface area is 103 Å². The minimum atomic E-state index is -4.65. The molecule has 4 nitrogen and oxygen atoms in total. The van der Waals surface area contributed by atoms with E-state index in [-0.39, 0.29) is 5.69 Å². The van der Waals surface area contributed by atoms with E-state index in [1.54, 1.807) is 0 Å². The third-order valence-corrected chi connectivity index (χ3v) is 2.33. The summed E-state index contributed by atoms with van der Waals surface area (Å²) in [6.45, 7) is 0. The first-order valence-corrected chi connectivity index (χ1v) is 4.96. The van der Waals surface area contributed by atoms with Gasteiger partial charge in [-0.3, -0.25) is 0 Å². The second-order valence-corrected chi connectivity index (χ2v) is 3.58. The summed E-state index contributed by atoms with van der Waals surface area (Å²) < 4.78 is 51.2. The molecule has 1 aromatic carbocycles. The van der Waals surface area contributed by atoms with E-state index < -0.39 is 29.2 Å². The van der Waals surface area contributed by atoms with Crippen molar-refractivity contribution in [2.45, 2.75) is 6.18 Å². The van der Waals surface area contributed by atoms with Gasteiger partial charge in [-0.25, -0.2) is 13.9 Å². The van der Waals surface area contributed by atoms with Gasteiger partial charge in [-0.1, -0.05) is 6.07 Å². The Kier molecular flexibility index (Phi) is 3.01. The quantitative estimate of drug-likeness (QED) is 0.857. The molecule has 0 amide bonds. The average Bonchev–Trinajstić information content (AvgIpc) is 2.76. The van der Waals surface area contributed by atoms with Crippen LogP contribution in [-0.2, 0) is 6.18 Å². The molecule has 0 aliphatic rings. The third-order valence-electron chi connectivity index (χ3n) is 2.33. The van der Waals surface area contributed by atoms with Gasteiger partial charge in [-0.2, -0.15) is 18.3 Å². The molecule has 0 fully saturated rings. The first-order chi connectivity index (χ1) is 8.80. The Hall–Kier alpha value is -2.38. The highest BCUT2D eigenvalue weighted by Crippen LogP contribution is 2.28. The van der Waals surface area contributed by atoms with Crippen LogP contribution in [0.15, 0.2) is 30.5 Å². The van der Waals surface area contributed by atoms with Crippen molar-refractivity contribution in [1.82, 2.24) is 9.78 Å². The van der Waals surface area contributed by atoms with E-state index in [0.717, 1.165) is 12.3 Å². The second kappa shape index (κ2) is 4.38. The number of carbonyl (C=O) groups is 1. The summed E-state index contributed by atoms with van der Waals surface area (Å²) in [5, 5.41) is 12.1. The van der Waals surface area contributed by atoms with Crippen molar-refractivity contribution in [2.75, 3.05) is 0 Å². The fourth-order valence-corrected chi connectivity index (χ4v) is 1.52. The summed E-state index contributed by atoms with van der Waals surface area (Å²) >= 11 is 0. The van der Waals surface area contributed by atoms with Crippen molar-refractivity contribution in [2.24, 2.45) is 0 Å². The van der Waals surface area contributed by atoms with E-state index in [1.807, 2.05) is 0 Å². The number of benzene rings is 1. The summed E-state index contributed by atoms with van der Waals surface area (Å²) in [5.41, 5.74) is -2.20. The monoisotopic (exact) mass is 274 g/mol. The number of carboxylic acids is 1. The highest BCUT2D eigenvalue weighted by molar-refractivity contribution is 5.92. The first-order valence-electron chi connectivity index (χ1n) is 4.96. The maximum atomic E-state index is 13.4. The van der Waals surface area contributed by atoms with E-state index in [4.69, 9.17) is 5.11 Å². The zero-order valence-electron chi connectivity index (χ0n) is 9.15. The summed E-state index contributed by atoms with van der Waals surface area (Å²) in [4.78, 5) is 10.9. The zero-order chi connectivity index (χ0) is 14.2. The lowest BCUT2D eigenvalue weighted by Crippen LogP contribution is -2.11. The smallest absolute Gasteiger partial charge is 0.435 e. The fraction of sp³-hybridized carbons (Fsp3) is 0.0909. The van der Waals surface area contributed by atoms with E-state index >= 15 is 0 Å². The lowest BCUT2D eigenvalue weighted by atomic mass is 10.1. The van der Waals surface area contributed by atoms with E-state index in [9.17, 15) is 22.4 Å². The maximum Gasteiger partial charge on any atom is 0.435 e. The van der Waals surface area contributed by atoms with Crippen LogP contribution in [0.2, 0.25) is 0 Å². The van der Waals surface area contributed by atoms with Gasteiger partial charge >= 0.3 is 12.1 Å². The predicted octanol–water partition coefficient (Wildman–Crippen LogP) is 2.73. The summed E-state index contributed by atoms with van der Waals surface area (Å²) in [6.07, 6.45) is -3.73. The fourth-order valence-electron chi connectivity index (χ4n) is 1.52. The van der Waals surface area contributed by atoms with Crippen LogP contribution >= 0.6 is 0 Å². The molecule has 0 saturated heterocycles. The number of aromatic nitrogens is 2. The van der Waals surface area contributed by atoms with Crippen molar-refractivity contribution in [3.05, 3.63) is 47.5 Å². The lowest BCUT2D eigenvalue weighted by Gasteiger charge is -2.07. The molecule has 19 heavy (non-hydrogen) atoms. The topological polar surface area (TPSA) is 55.1 Å². The zero-order valence-corrected chi connectivity index (χ0v) is 9.15. The number of alkyl halides is 3. The molecule has 2 rings (SSSR count). The molecule has 8 heteroatoms. The molecule has 1 heterocycles. The molecule has 0 atom stereocenters. The molecular formula is C11H6F4N2O2. The van der Waals surface area contributed by atoms with Crippen molar-refractivity contribution >= 4 is 5.97 Å². The molecule has 0 spiro atoms. The van der Waals surface area contributed by atoms with Crippen molar-refractivity contribution in [3.8, 4) is 5.69 Å². The number of carboxylic acid groups (broad SMARTS) is 1. The van der Waals surface area contributed by atoms with Crippen molar-refractivity contribution in [3.63, 3.8) is 0 Å². The Bertz CT molecular complexity index is 634. The Morgan fingerprint density at radius 2 is 1.95 bits per heavy atom. The van der Waals surface area contributed by atoms with Gasteiger partial charge < -0.3 is 5.11 Å². The SMILES string of the molecule is O=C(O)c1c(F)cccc1-n1ccc(C(F)(F)F)n1. The standard InChI is InChI=1S/C11H6F4N2O2/c12-6-2-1-3-7(9(6)10(18)19)17-5-4-8(16-17)11(13,14)15/h1-5H,(H,18,19). The lowest BCUT2D eigenvalue weighted by molar-refractivity contribution is -0.141. The van der Waals surface area contributed by atoms with E-state index in [1.165, 1.54) is 12.1 Å². The minimum Gasteiger partial charge on any atom is -0.478 e. The van der Waals surface area contributed by atoms with Crippen LogP contribution in [0.1, 0.15) is 16.1 Å². The molecule has 0 aliphatic carbocycles. The number of aromatic carboxylic acids is 1. The van der Waals surface area contributed by atoms with Crippen LogP contribution in [-0.4, -0.2) is 20.9 Å². The van der Waals surface area contributed by atoms with Crippen LogP contribution in [0.3, 0.4) is 0 Å². The highest BCUT2D eigenvalue weighted by atomic mass is 19.4. The van der Waals surface area contributed by atoms with Gasteiger partial charge in [0.05, 0.1) is 5.69 Å². The van der Waals surface area contributed by atoms with Gasteiger partial charge in [0.2, 0.25) is 0 Å². The molecular weight excluding hydrogens is 268 g/mol. The normalized spacial score (nSPS) is 11.6. The summed E-state index contributed by atoms with van der Waals surface area (Å²) in [5.74, 6) is -2.63. The molecule has 100 valence electrons. The van der Waals surface area contributed by atoms with Crippen LogP contribution in [0.25, 0.3) is 5.69 Å². The number of nitrogens with zero attached hydrogens (tertiary/aromatic N) is 2. The summed E-state index contributed by atoms with van der Waals surface area (Å²) in [7, 11) is 0. The maximum absolute atomic E-state index is 13.4. The van der Waals surface area contributed by atoms with E-state index in [0.29, 0.717) is 10.7 Å². The molecule has 1 aromatic heterocycles. The predicted molar refractivity (Wildman–Crippen MR) is 55.5 cm³/mol. The molecule has 0 radical (unpaired) electrons. The van der Waals surface area contributed by atoms with Crippen LogP contribution < -0.4 is 0 Å². The number of rotatable bonds is 2. The third kappa shape index (κ3) is 2.42. The van der Waals surface area contributed by atoms with Crippen molar-refractivity contribution < 1.29 is 27.5 Å². The van der Waals surface area contributed by atoms with Crippen LogP contribution in [0.5, 0.6) is 0 Å². The Balaban J connectivity index is 2.57. The highest BCUT2D eigenvalue weighted by Gasteiger charge is 2.34. The van der Waals surface area contributed by atoms with Gasteiger partial charge in [0.15, 0.2) is 5.69 Å². The molecule has 0 bridgehead atoms. The Morgan fingerprint density at radius 3 is 2.47 bits per heavy atom. The molecule has 1 N–H and O–H groups in total. The number of hydrogen-bond acceptors (Lipinski definition) is 2. The van der Waals surface area contributed by atoms with Gasteiger partial charge in [-0.05, 0) is 18.2 Å². The van der Waals surface area contributed by atoms with Gasteiger partial charge in [0.1, 0.15) is 11.4 Å². The molecule has 0 unspecified atom stereocenters. The average molecular weight is 274 g/mol. The van der Waals surface area contributed by atoms with Crippen molar-refractivity contribution in [1.29, 1.82) is 0 Å². The molecule has 0 saturated carbocycles. The van der Waals surface area contributed by atoms with Gasteiger partial charge in [-0.15, -0.1) is 0 Å². The largest absolute Gasteiger partial charge is 0.478 e. The Morgan fingerprint density at radius 1 is 1.26 bits per heavy atom. The molecule has 0 aliphatic heterocycles. The van der Waals surface area contributed by atoms with Gasteiger partial charge in [0.25, 0.3) is 0 Å². The molecule has 2 aromatic rings. The van der Waals surface area contributed by atoms with Crippen LogP contribution in [0.4, 0.5) is 17.6 Å². The minimum absolute atomic E-state index is 0.275. The van der Waals surface area contributed by atoms with E-state index in [2.05, 4.69) is 5.10 Å². The number of halogens is 4. The van der Waals surface area contributed by atoms with Crippen LogP contribution in [0, 0.1) is 5.82 Å². The number of hydrogen-bond donors (Lipinski definition) is 1. The second-order valence-electron chi connectivity index (χ2n) is 3.58. The van der Waals surface area contributed by atoms with Gasteiger partial charge in [0, 0.05) is 6.20 Å². The first kappa shape index (κ1) is 13.1. The summed E-state index contributed by atoms with van der Waals surface area (Å²) in [6, 6.07) is 3.93.